The van der Waals surface area contributed by atoms with E-state index in [2.05, 4.69) is 26.5 Å². The Hall–Kier alpha value is -2.18. The fourth-order valence-electron chi connectivity index (χ4n) is 5.49. The summed E-state index contributed by atoms with van der Waals surface area (Å²) < 4.78 is 10.7. The van der Waals surface area contributed by atoms with Gasteiger partial charge in [0, 0.05) is 44.5 Å². The van der Waals surface area contributed by atoms with E-state index in [0.29, 0.717) is 6.04 Å². The number of hydrogen-bond donors (Lipinski definition) is 1. The SMILES string of the molecule is COc1ccc(-c2ccc(NC3CC4CN(CC5CCOCC5)CC4C3)nn2)cc1. The molecule has 5 rings (SSSR count). The number of anilines is 1. The summed E-state index contributed by atoms with van der Waals surface area (Å²) in [4.78, 5) is 2.71. The number of hydrogen-bond acceptors (Lipinski definition) is 6. The lowest BCUT2D eigenvalue weighted by atomic mass is 10.00. The lowest BCUT2D eigenvalue weighted by molar-refractivity contribution is 0.0545. The first-order valence-corrected chi connectivity index (χ1v) is 11.3. The van der Waals surface area contributed by atoms with Gasteiger partial charge in [0.2, 0.25) is 0 Å². The smallest absolute Gasteiger partial charge is 0.148 e. The first-order valence-electron chi connectivity index (χ1n) is 11.3. The van der Waals surface area contributed by atoms with Crippen LogP contribution in [0.3, 0.4) is 0 Å². The Labute approximate surface area is 179 Å². The van der Waals surface area contributed by atoms with E-state index in [4.69, 9.17) is 9.47 Å². The van der Waals surface area contributed by atoms with Crippen molar-refractivity contribution in [2.75, 3.05) is 45.3 Å². The van der Waals surface area contributed by atoms with Crippen molar-refractivity contribution in [3.05, 3.63) is 36.4 Å². The van der Waals surface area contributed by atoms with Crippen LogP contribution < -0.4 is 10.1 Å². The topological polar surface area (TPSA) is 59.5 Å². The Bertz CT molecular complexity index is 806. The molecular formula is C24H32N4O2. The van der Waals surface area contributed by atoms with E-state index in [-0.39, 0.29) is 0 Å². The molecule has 1 aromatic heterocycles. The number of nitrogens with zero attached hydrogens (tertiary/aromatic N) is 3. The summed E-state index contributed by atoms with van der Waals surface area (Å²) in [5.74, 6) is 4.23. The van der Waals surface area contributed by atoms with Gasteiger partial charge in [-0.25, -0.2) is 0 Å². The van der Waals surface area contributed by atoms with Crippen LogP contribution in [0.4, 0.5) is 5.82 Å². The number of fused-ring (bicyclic) bond motifs is 1. The normalized spacial score (nSPS) is 27.2. The number of ether oxygens (including phenoxy) is 2. The third-order valence-electron chi connectivity index (χ3n) is 7.09. The fourth-order valence-corrected chi connectivity index (χ4v) is 5.49. The van der Waals surface area contributed by atoms with Crippen LogP contribution >= 0.6 is 0 Å². The summed E-state index contributed by atoms with van der Waals surface area (Å²) in [6.07, 6.45) is 4.97. The van der Waals surface area contributed by atoms with Crippen LogP contribution in [0.2, 0.25) is 0 Å². The molecule has 2 atom stereocenters. The second-order valence-corrected chi connectivity index (χ2v) is 9.14. The van der Waals surface area contributed by atoms with Crippen LogP contribution in [0.1, 0.15) is 25.7 Å². The highest BCUT2D eigenvalue weighted by molar-refractivity contribution is 5.60. The van der Waals surface area contributed by atoms with Crippen molar-refractivity contribution in [3.63, 3.8) is 0 Å². The quantitative estimate of drug-likeness (QED) is 0.787. The molecule has 1 saturated carbocycles. The molecular weight excluding hydrogens is 376 g/mol. The standard InChI is InChI=1S/C24H32N4O2/c1-29-22-4-2-18(3-5-22)23-6-7-24(27-26-23)25-21-12-19-15-28(16-20(19)13-21)14-17-8-10-30-11-9-17/h2-7,17,19-21H,8-16H2,1H3,(H,25,27). The van der Waals surface area contributed by atoms with Gasteiger partial charge in [-0.2, -0.15) is 0 Å². The van der Waals surface area contributed by atoms with E-state index >= 15 is 0 Å². The number of rotatable bonds is 6. The van der Waals surface area contributed by atoms with Crippen LogP contribution in [0.5, 0.6) is 5.75 Å². The van der Waals surface area contributed by atoms with Gasteiger partial charge < -0.3 is 19.7 Å². The predicted octanol–water partition coefficient (Wildman–Crippen LogP) is 3.70. The summed E-state index contributed by atoms with van der Waals surface area (Å²) in [5.41, 5.74) is 1.94. The van der Waals surface area contributed by atoms with Crippen LogP contribution in [-0.4, -0.2) is 61.1 Å². The zero-order valence-corrected chi connectivity index (χ0v) is 17.8. The fraction of sp³-hybridized carbons (Fsp3) is 0.583. The maximum absolute atomic E-state index is 5.51. The highest BCUT2D eigenvalue weighted by Crippen LogP contribution is 2.39. The van der Waals surface area contributed by atoms with Crippen LogP contribution in [-0.2, 0) is 4.74 Å². The van der Waals surface area contributed by atoms with Gasteiger partial charge in [-0.05, 0) is 79.8 Å². The molecule has 6 heteroatoms. The van der Waals surface area contributed by atoms with Gasteiger partial charge in [-0.1, -0.05) is 0 Å². The summed E-state index contributed by atoms with van der Waals surface area (Å²) >= 11 is 0. The molecule has 30 heavy (non-hydrogen) atoms. The van der Waals surface area contributed by atoms with Crippen molar-refractivity contribution in [2.24, 2.45) is 17.8 Å². The number of benzene rings is 1. The van der Waals surface area contributed by atoms with E-state index in [1.165, 1.54) is 45.3 Å². The first kappa shape index (κ1) is 19.8. The molecule has 3 heterocycles. The number of aromatic nitrogens is 2. The van der Waals surface area contributed by atoms with Crippen LogP contribution in [0, 0.1) is 17.8 Å². The Kier molecular flexibility index (Phi) is 5.86. The van der Waals surface area contributed by atoms with E-state index in [0.717, 1.165) is 53.8 Å². The third kappa shape index (κ3) is 4.44. The largest absolute Gasteiger partial charge is 0.497 e. The number of nitrogens with one attached hydrogen (secondary N) is 1. The molecule has 1 aliphatic carbocycles. The van der Waals surface area contributed by atoms with E-state index in [1.54, 1.807) is 7.11 Å². The van der Waals surface area contributed by atoms with Gasteiger partial charge in [0.25, 0.3) is 0 Å². The number of methoxy groups -OCH3 is 1. The molecule has 160 valence electrons. The lowest BCUT2D eigenvalue weighted by Crippen LogP contribution is -2.32. The van der Waals surface area contributed by atoms with E-state index in [9.17, 15) is 0 Å². The first-order chi connectivity index (χ1) is 14.8. The Morgan fingerprint density at radius 3 is 2.37 bits per heavy atom. The molecule has 1 N–H and O–H groups in total. The van der Waals surface area contributed by atoms with Crippen LogP contribution in [0.25, 0.3) is 11.3 Å². The van der Waals surface area contributed by atoms with Gasteiger partial charge in [0.05, 0.1) is 12.8 Å². The molecule has 0 radical (unpaired) electrons. The van der Waals surface area contributed by atoms with Crippen LogP contribution in [0.15, 0.2) is 36.4 Å². The zero-order valence-electron chi connectivity index (χ0n) is 17.8. The molecule has 2 aliphatic heterocycles. The highest BCUT2D eigenvalue weighted by atomic mass is 16.5. The average molecular weight is 409 g/mol. The molecule has 6 nitrogen and oxygen atoms in total. The average Bonchev–Trinajstić information content (AvgIpc) is 3.33. The van der Waals surface area contributed by atoms with Gasteiger partial charge in [-0.15, -0.1) is 10.2 Å². The molecule has 2 aromatic rings. The summed E-state index contributed by atoms with van der Waals surface area (Å²) in [6, 6.07) is 12.5. The van der Waals surface area contributed by atoms with Gasteiger partial charge in [0.1, 0.15) is 11.6 Å². The Morgan fingerprint density at radius 2 is 1.73 bits per heavy atom. The van der Waals surface area contributed by atoms with Crippen molar-refractivity contribution in [2.45, 2.75) is 31.7 Å². The van der Waals surface area contributed by atoms with Gasteiger partial charge >= 0.3 is 0 Å². The summed E-state index contributed by atoms with van der Waals surface area (Å²) in [7, 11) is 1.68. The van der Waals surface area contributed by atoms with E-state index in [1.807, 2.05) is 30.3 Å². The van der Waals surface area contributed by atoms with Crippen molar-refractivity contribution in [1.29, 1.82) is 0 Å². The predicted molar refractivity (Wildman–Crippen MR) is 118 cm³/mol. The third-order valence-corrected chi connectivity index (χ3v) is 7.09. The molecule has 0 amide bonds. The molecule has 1 aromatic carbocycles. The Morgan fingerprint density at radius 1 is 1.00 bits per heavy atom. The van der Waals surface area contributed by atoms with Crippen molar-refractivity contribution < 1.29 is 9.47 Å². The second-order valence-electron chi connectivity index (χ2n) is 9.14. The maximum Gasteiger partial charge on any atom is 0.148 e. The number of likely N-dealkylation sites (tertiary alicyclic amines) is 1. The molecule has 0 spiro atoms. The highest BCUT2D eigenvalue weighted by Gasteiger charge is 2.41. The van der Waals surface area contributed by atoms with E-state index < -0.39 is 0 Å². The maximum atomic E-state index is 5.51. The molecule has 3 aliphatic rings. The minimum atomic E-state index is 0.520. The molecule has 0 bridgehead atoms. The van der Waals surface area contributed by atoms with Crippen molar-refractivity contribution >= 4 is 5.82 Å². The molecule has 3 fully saturated rings. The molecule has 2 unspecified atom stereocenters. The Balaban J connectivity index is 1.12. The summed E-state index contributed by atoms with van der Waals surface area (Å²) in [5, 5.41) is 12.5. The zero-order chi connectivity index (χ0) is 20.3. The second kappa shape index (κ2) is 8.90. The monoisotopic (exact) mass is 408 g/mol. The lowest BCUT2D eigenvalue weighted by Gasteiger charge is -2.27. The van der Waals surface area contributed by atoms with Crippen molar-refractivity contribution in [3.8, 4) is 17.0 Å². The minimum absolute atomic E-state index is 0.520. The minimum Gasteiger partial charge on any atom is -0.497 e. The summed E-state index contributed by atoms with van der Waals surface area (Å²) in [6.45, 7) is 5.71. The van der Waals surface area contributed by atoms with Gasteiger partial charge in [-0.3, -0.25) is 0 Å². The van der Waals surface area contributed by atoms with Gasteiger partial charge in [0.15, 0.2) is 0 Å². The van der Waals surface area contributed by atoms with Crippen molar-refractivity contribution in [1.82, 2.24) is 15.1 Å². The molecule has 2 saturated heterocycles.